The molecular weight excluding hydrogens is 643 g/mol. The summed E-state index contributed by atoms with van der Waals surface area (Å²) in [6.07, 6.45) is 0. The summed E-state index contributed by atoms with van der Waals surface area (Å²) in [5.41, 5.74) is 15.6. The molecule has 0 spiro atoms. The Morgan fingerprint density at radius 1 is 0.396 bits per heavy atom. The van der Waals surface area contributed by atoms with Crippen LogP contribution in [0, 0.1) is 0 Å². The zero-order chi connectivity index (χ0) is 35.5. The van der Waals surface area contributed by atoms with E-state index in [4.69, 9.17) is 15.0 Å². The van der Waals surface area contributed by atoms with Crippen LogP contribution in [-0.4, -0.2) is 15.0 Å². The van der Waals surface area contributed by atoms with Gasteiger partial charge < -0.3 is 0 Å². The van der Waals surface area contributed by atoms with E-state index < -0.39 is 0 Å². The Labute approximate surface area is 309 Å². The van der Waals surface area contributed by atoms with Crippen molar-refractivity contribution in [3.05, 3.63) is 187 Å². The van der Waals surface area contributed by atoms with Gasteiger partial charge in [-0.3, -0.25) is 0 Å². The van der Waals surface area contributed by atoms with Crippen LogP contribution in [-0.2, 0) is 5.41 Å². The highest BCUT2D eigenvalue weighted by atomic mass is 14.9. The molecule has 0 fully saturated rings. The van der Waals surface area contributed by atoms with Crippen molar-refractivity contribution in [1.29, 1.82) is 0 Å². The lowest BCUT2D eigenvalue weighted by Gasteiger charge is -2.22. The Kier molecular flexibility index (Phi) is 7.16. The summed E-state index contributed by atoms with van der Waals surface area (Å²) in [5, 5.41) is 3.62. The third kappa shape index (κ3) is 5.16. The Hall–Kier alpha value is -6.71. The molecule has 3 nitrogen and oxygen atoms in total. The van der Waals surface area contributed by atoms with Gasteiger partial charge in [0.25, 0.3) is 0 Å². The van der Waals surface area contributed by atoms with Gasteiger partial charge in [-0.1, -0.05) is 178 Å². The van der Waals surface area contributed by atoms with E-state index in [1.165, 1.54) is 44.2 Å². The second-order valence-electron chi connectivity index (χ2n) is 14.4. The SMILES string of the molecule is CC1(C)c2ccccc2-c2c1ccc1c(-c3ccc(-c4cc(-c5ccc(-c6ccccc6)cc5)nc(-c5ccccc5)n4)cc3)nc3ccccc3c21. The first-order valence-corrected chi connectivity index (χ1v) is 18.2. The van der Waals surface area contributed by atoms with Crippen LogP contribution in [0.4, 0.5) is 0 Å². The van der Waals surface area contributed by atoms with Gasteiger partial charge in [-0.15, -0.1) is 0 Å². The summed E-state index contributed by atoms with van der Waals surface area (Å²) in [5.74, 6) is 0.702. The lowest BCUT2D eigenvalue weighted by Crippen LogP contribution is -2.14. The number of nitrogens with zero attached hydrogens (tertiary/aromatic N) is 3. The molecule has 0 atom stereocenters. The van der Waals surface area contributed by atoms with Crippen molar-refractivity contribution < 1.29 is 0 Å². The number of pyridine rings is 1. The van der Waals surface area contributed by atoms with Crippen LogP contribution in [0.3, 0.4) is 0 Å². The molecule has 10 rings (SSSR count). The van der Waals surface area contributed by atoms with Crippen LogP contribution >= 0.6 is 0 Å². The maximum Gasteiger partial charge on any atom is 0.160 e. The summed E-state index contributed by atoms with van der Waals surface area (Å²) in [6, 6.07) is 62.2. The van der Waals surface area contributed by atoms with Crippen LogP contribution in [0.2, 0.25) is 0 Å². The molecule has 0 bridgehead atoms. The second kappa shape index (κ2) is 12.2. The van der Waals surface area contributed by atoms with Crippen LogP contribution < -0.4 is 0 Å². The van der Waals surface area contributed by atoms with E-state index in [0.29, 0.717) is 5.82 Å². The molecule has 0 saturated heterocycles. The fourth-order valence-corrected chi connectivity index (χ4v) is 8.18. The minimum atomic E-state index is -0.0781. The zero-order valence-electron chi connectivity index (χ0n) is 29.6. The Bertz CT molecular complexity index is 2820. The van der Waals surface area contributed by atoms with Gasteiger partial charge in [0.15, 0.2) is 5.82 Å². The lowest BCUT2D eigenvalue weighted by atomic mass is 9.82. The molecule has 9 aromatic rings. The van der Waals surface area contributed by atoms with E-state index in [9.17, 15) is 0 Å². The fraction of sp³-hybridized carbons (Fsp3) is 0.0600. The second-order valence-corrected chi connectivity index (χ2v) is 14.4. The lowest BCUT2D eigenvalue weighted by molar-refractivity contribution is 0.661. The van der Waals surface area contributed by atoms with Crippen molar-refractivity contribution >= 4 is 21.7 Å². The van der Waals surface area contributed by atoms with Gasteiger partial charge in [-0.05, 0) is 45.5 Å². The number of benzene rings is 7. The van der Waals surface area contributed by atoms with Gasteiger partial charge >= 0.3 is 0 Å². The van der Waals surface area contributed by atoms with Crippen LogP contribution in [0.1, 0.15) is 25.0 Å². The molecule has 0 radical (unpaired) electrons. The van der Waals surface area contributed by atoms with Gasteiger partial charge in [-0.2, -0.15) is 0 Å². The largest absolute Gasteiger partial charge is 0.247 e. The highest BCUT2D eigenvalue weighted by molar-refractivity contribution is 6.19. The van der Waals surface area contributed by atoms with Crippen LogP contribution in [0.25, 0.3) is 89.1 Å². The van der Waals surface area contributed by atoms with Crippen LogP contribution in [0.5, 0.6) is 0 Å². The van der Waals surface area contributed by atoms with Gasteiger partial charge in [0.05, 0.1) is 22.6 Å². The Balaban J connectivity index is 1.10. The smallest absolute Gasteiger partial charge is 0.160 e. The van der Waals surface area contributed by atoms with Crippen LogP contribution in [0.15, 0.2) is 176 Å². The molecule has 0 aliphatic heterocycles. The van der Waals surface area contributed by atoms with Crippen molar-refractivity contribution in [2.45, 2.75) is 19.3 Å². The molecular formula is C50H35N3. The average molecular weight is 678 g/mol. The first-order valence-electron chi connectivity index (χ1n) is 18.2. The molecule has 0 saturated carbocycles. The summed E-state index contributed by atoms with van der Waals surface area (Å²) < 4.78 is 0. The summed E-state index contributed by atoms with van der Waals surface area (Å²) in [4.78, 5) is 15.5. The summed E-state index contributed by atoms with van der Waals surface area (Å²) in [7, 11) is 0. The molecule has 2 heterocycles. The van der Waals surface area contributed by atoms with Crippen molar-refractivity contribution in [2.75, 3.05) is 0 Å². The molecule has 0 unspecified atom stereocenters. The van der Waals surface area contributed by atoms with Crippen molar-refractivity contribution in [3.63, 3.8) is 0 Å². The van der Waals surface area contributed by atoms with Gasteiger partial charge in [-0.25, -0.2) is 15.0 Å². The quantitative estimate of drug-likeness (QED) is 0.170. The maximum absolute atomic E-state index is 5.30. The molecule has 1 aliphatic rings. The minimum Gasteiger partial charge on any atom is -0.247 e. The zero-order valence-corrected chi connectivity index (χ0v) is 29.6. The van der Waals surface area contributed by atoms with Crippen molar-refractivity contribution in [3.8, 4) is 67.4 Å². The summed E-state index contributed by atoms with van der Waals surface area (Å²) in [6.45, 7) is 4.68. The number of para-hydroxylation sites is 1. The highest BCUT2D eigenvalue weighted by Gasteiger charge is 2.36. The van der Waals surface area contributed by atoms with Gasteiger partial charge in [0.1, 0.15) is 0 Å². The van der Waals surface area contributed by atoms with E-state index in [1.54, 1.807) is 0 Å². The van der Waals surface area contributed by atoms with E-state index in [0.717, 1.165) is 50.2 Å². The molecule has 7 aromatic carbocycles. The number of hydrogen-bond donors (Lipinski definition) is 0. The average Bonchev–Trinajstić information content (AvgIpc) is 3.47. The first kappa shape index (κ1) is 31.1. The molecule has 2 aromatic heterocycles. The Morgan fingerprint density at radius 3 is 1.64 bits per heavy atom. The molecule has 0 amide bonds. The maximum atomic E-state index is 5.30. The Morgan fingerprint density at radius 2 is 0.943 bits per heavy atom. The predicted octanol–water partition coefficient (Wildman–Crippen LogP) is 12.8. The topological polar surface area (TPSA) is 38.7 Å². The molecule has 1 aliphatic carbocycles. The third-order valence-electron chi connectivity index (χ3n) is 10.9. The van der Waals surface area contributed by atoms with Gasteiger partial charge in [0.2, 0.25) is 0 Å². The van der Waals surface area contributed by atoms with E-state index in [2.05, 4.69) is 166 Å². The minimum absolute atomic E-state index is 0.0781. The highest BCUT2D eigenvalue weighted by Crippen LogP contribution is 2.53. The van der Waals surface area contributed by atoms with E-state index in [-0.39, 0.29) is 5.41 Å². The van der Waals surface area contributed by atoms with E-state index in [1.807, 2.05) is 24.3 Å². The standard InChI is InChI=1S/C50H35N3/c1-50(2)41-19-11-9-17-38(41)47-42(50)30-29-40-46(47)39-18-10-12-20-43(39)51-48(40)36-27-25-35(26-28-36)45-31-44(52-49(53-45)37-15-7-4-8-16-37)34-23-21-33(22-24-34)32-13-5-3-6-14-32/h3-31H,1-2H3. The van der Waals surface area contributed by atoms with Crippen molar-refractivity contribution in [2.24, 2.45) is 0 Å². The number of rotatable bonds is 5. The summed E-state index contributed by atoms with van der Waals surface area (Å²) >= 11 is 0. The molecule has 53 heavy (non-hydrogen) atoms. The third-order valence-corrected chi connectivity index (χ3v) is 10.9. The number of fused-ring (bicyclic) bond motifs is 7. The molecule has 250 valence electrons. The van der Waals surface area contributed by atoms with Gasteiger partial charge in [0, 0.05) is 43.8 Å². The first-order chi connectivity index (χ1) is 26.0. The molecule has 3 heteroatoms. The number of aromatic nitrogens is 3. The van der Waals surface area contributed by atoms with E-state index >= 15 is 0 Å². The van der Waals surface area contributed by atoms with Crippen molar-refractivity contribution in [1.82, 2.24) is 15.0 Å². The predicted molar refractivity (Wildman–Crippen MR) is 220 cm³/mol. The fourth-order valence-electron chi connectivity index (χ4n) is 8.18. The monoisotopic (exact) mass is 677 g/mol. The molecule has 0 N–H and O–H groups in total. The normalized spacial score (nSPS) is 12.9. The number of hydrogen-bond acceptors (Lipinski definition) is 3.